The number of aryl methyl sites for hydroxylation is 2. The molecule has 0 fully saturated rings. The van der Waals surface area contributed by atoms with Crippen molar-refractivity contribution in [2.24, 2.45) is 0 Å². The van der Waals surface area contributed by atoms with E-state index in [0.717, 1.165) is 43.9 Å². The number of quaternary nitrogens is 1. The highest BCUT2D eigenvalue weighted by molar-refractivity contribution is 6.09. The van der Waals surface area contributed by atoms with Gasteiger partial charge in [-0.05, 0) is 44.0 Å². The van der Waals surface area contributed by atoms with Gasteiger partial charge in [0.05, 0.1) is 12.6 Å². The van der Waals surface area contributed by atoms with Crippen LogP contribution in [0.1, 0.15) is 27.2 Å². The number of nitrogens with one attached hydrogen (secondary N) is 3. The minimum atomic E-state index is -0.0929. The number of amides is 1. The summed E-state index contributed by atoms with van der Waals surface area (Å²) >= 11 is 0. The number of aromatic amines is 1. The fourth-order valence-electron chi connectivity index (χ4n) is 3.42. The van der Waals surface area contributed by atoms with Gasteiger partial charge >= 0.3 is 0 Å². The van der Waals surface area contributed by atoms with Crippen LogP contribution in [0.2, 0.25) is 0 Å². The second-order valence-corrected chi connectivity index (χ2v) is 7.20. The summed E-state index contributed by atoms with van der Waals surface area (Å²) in [6.07, 6.45) is 0. The maximum atomic E-state index is 12.8. The molecule has 0 aliphatic rings. The zero-order chi connectivity index (χ0) is 19.6. The van der Waals surface area contributed by atoms with E-state index in [0.29, 0.717) is 0 Å². The molecular formula is C22H26N3O2+. The van der Waals surface area contributed by atoms with Crippen LogP contribution in [0.4, 0.5) is 5.69 Å². The number of Topliss-reactive ketones (excluding diaryl/α,β-unsaturated/α-hetero) is 1. The first kappa shape index (κ1) is 18.9. The minimum Gasteiger partial charge on any atom is -0.358 e. The van der Waals surface area contributed by atoms with E-state index < -0.39 is 0 Å². The van der Waals surface area contributed by atoms with Crippen molar-refractivity contribution in [2.45, 2.75) is 20.8 Å². The maximum Gasteiger partial charge on any atom is 0.279 e. The van der Waals surface area contributed by atoms with Crippen molar-refractivity contribution in [3.63, 3.8) is 0 Å². The Labute approximate surface area is 159 Å². The zero-order valence-electron chi connectivity index (χ0n) is 16.3. The molecule has 0 bridgehead atoms. The first-order valence-electron chi connectivity index (χ1n) is 9.14. The Hall–Kier alpha value is -2.92. The van der Waals surface area contributed by atoms with Crippen LogP contribution < -0.4 is 10.2 Å². The quantitative estimate of drug-likeness (QED) is 0.588. The van der Waals surface area contributed by atoms with Crippen LogP contribution in [0.3, 0.4) is 0 Å². The molecule has 1 aromatic heterocycles. The molecule has 0 aliphatic heterocycles. The number of anilines is 1. The lowest BCUT2D eigenvalue weighted by Gasteiger charge is -2.15. The topological polar surface area (TPSA) is 66.4 Å². The van der Waals surface area contributed by atoms with Crippen molar-refractivity contribution in [1.29, 1.82) is 0 Å². The second kappa shape index (κ2) is 7.76. The van der Waals surface area contributed by atoms with E-state index in [2.05, 4.69) is 10.3 Å². The van der Waals surface area contributed by atoms with Gasteiger partial charge in [0.25, 0.3) is 5.91 Å². The van der Waals surface area contributed by atoms with Crippen molar-refractivity contribution < 1.29 is 14.5 Å². The first-order valence-corrected chi connectivity index (χ1v) is 9.14. The standard InChI is InChI=1S/C22H25N3O2/c1-14-8-7-11-18(15(14)2)24-21(27)13-25(4)12-20(26)22-16(3)23-19-10-6-5-9-17(19)22/h5-11,23H,12-13H2,1-4H3,(H,24,27)/p+1. The van der Waals surface area contributed by atoms with Gasteiger partial charge in [0.2, 0.25) is 5.78 Å². The molecule has 5 heteroatoms. The van der Waals surface area contributed by atoms with Crippen LogP contribution in [-0.4, -0.2) is 36.8 Å². The van der Waals surface area contributed by atoms with Gasteiger partial charge in [-0.1, -0.05) is 30.3 Å². The number of carbonyl (C=O) groups excluding carboxylic acids is 2. The van der Waals surface area contributed by atoms with E-state index >= 15 is 0 Å². The van der Waals surface area contributed by atoms with Gasteiger partial charge in [-0.25, -0.2) is 0 Å². The summed E-state index contributed by atoms with van der Waals surface area (Å²) in [6.45, 7) is 6.43. The zero-order valence-corrected chi connectivity index (χ0v) is 16.3. The monoisotopic (exact) mass is 364 g/mol. The molecule has 3 N–H and O–H groups in total. The SMILES string of the molecule is Cc1cccc(NC(=O)C[NH+](C)CC(=O)c2c(C)[nH]c3ccccc23)c1C. The van der Waals surface area contributed by atoms with Crippen LogP contribution in [0.15, 0.2) is 42.5 Å². The van der Waals surface area contributed by atoms with Gasteiger partial charge in [0, 0.05) is 22.3 Å². The first-order chi connectivity index (χ1) is 12.9. The van der Waals surface area contributed by atoms with Crippen LogP contribution in [0.25, 0.3) is 10.9 Å². The van der Waals surface area contributed by atoms with Crippen LogP contribution >= 0.6 is 0 Å². The molecule has 140 valence electrons. The van der Waals surface area contributed by atoms with Gasteiger partial charge in [0.1, 0.15) is 6.54 Å². The molecular weight excluding hydrogens is 338 g/mol. The van der Waals surface area contributed by atoms with Crippen molar-refractivity contribution in [1.82, 2.24) is 4.98 Å². The number of aromatic nitrogens is 1. The Balaban J connectivity index is 1.65. The Morgan fingerprint density at radius 3 is 2.52 bits per heavy atom. The molecule has 1 atom stereocenters. The maximum absolute atomic E-state index is 12.8. The van der Waals surface area contributed by atoms with Crippen LogP contribution in [0.5, 0.6) is 0 Å². The summed E-state index contributed by atoms with van der Waals surface area (Å²) in [5, 5.41) is 3.89. The molecule has 0 spiro atoms. The number of carbonyl (C=O) groups is 2. The normalized spacial score (nSPS) is 12.1. The highest BCUT2D eigenvalue weighted by Crippen LogP contribution is 2.22. The third-order valence-corrected chi connectivity index (χ3v) is 4.98. The molecule has 3 aromatic rings. The lowest BCUT2D eigenvalue weighted by atomic mass is 10.1. The fourth-order valence-corrected chi connectivity index (χ4v) is 3.42. The molecule has 5 nitrogen and oxygen atoms in total. The molecule has 1 amide bonds. The van der Waals surface area contributed by atoms with Crippen molar-refractivity contribution >= 4 is 28.3 Å². The molecule has 0 saturated heterocycles. The molecule has 2 aromatic carbocycles. The van der Waals surface area contributed by atoms with Gasteiger partial charge in [-0.2, -0.15) is 0 Å². The number of likely N-dealkylation sites (N-methyl/N-ethyl adjacent to an activating group) is 1. The number of rotatable bonds is 6. The second-order valence-electron chi connectivity index (χ2n) is 7.20. The molecule has 0 saturated carbocycles. The molecule has 27 heavy (non-hydrogen) atoms. The highest BCUT2D eigenvalue weighted by Gasteiger charge is 2.21. The van der Waals surface area contributed by atoms with E-state index in [9.17, 15) is 9.59 Å². The molecule has 0 radical (unpaired) electrons. The fraction of sp³-hybridized carbons (Fsp3) is 0.273. The van der Waals surface area contributed by atoms with Crippen LogP contribution in [-0.2, 0) is 4.79 Å². The van der Waals surface area contributed by atoms with Gasteiger partial charge < -0.3 is 15.2 Å². The Bertz CT molecular complexity index is 1000. The van der Waals surface area contributed by atoms with Gasteiger partial charge in [0.15, 0.2) is 6.54 Å². The number of hydrogen-bond acceptors (Lipinski definition) is 2. The highest BCUT2D eigenvalue weighted by atomic mass is 16.2. The lowest BCUT2D eigenvalue weighted by molar-refractivity contribution is -0.861. The molecule has 1 heterocycles. The minimum absolute atomic E-state index is 0.0435. The van der Waals surface area contributed by atoms with Crippen molar-refractivity contribution in [2.75, 3.05) is 25.5 Å². The van der Waals surface area contributed by atoms with E-state index in [1.54, 1.807) is 0 Å². The largest absolute Gasteiger partial charge is 0.358 e. The summed E-state index contributed by atoms with van der Waals surface area (Å²) in [4.78, 5) is 29.3. The Morgan fingerprint density at radius 2 is 1.74 bits per heavy atom. The van der Waals surface area contributed by atoms with Gasteiger partial charge in [-0.3, -0.25) is 9.59 Å². The molecule has 1 unspecified atom stereocenters. The number of fused-ring (bicyclic) bond motifs is 1. The summed E-state index contributed by atoms with van der Waals surface area (Å²) in [5.41, 5.74) is 5.58. The van der Waals surface area contributed by atoms with Crippen molar-refractivity contribution in [3.8, 4) is 0 Å². The molecule has 0 aliphatic carbocycles. The average molecular weight is 364 g/mol. The van der Waals surface area contributed by atoms with E-state index in [4.69, 9.17) is 0 Å². The number of benzene rings is 2. The predicted octanol–water partition coefficient (Wildman–Crippen LogP) is 2.43. The van der Waals surface area contributed by atoms with E-state index in [1.165, 1.54) is 0 Å². The predicted molar refractivity (Wildman–Crippen MR) is 109 cm³/mol. The average Bonchev–Trinajstić information content (AvgIpc) is 2.94. The number of H-pyrrole nitrogens is 1. The van der Waals surface area contributed by atoms with E-state index in [1.807, 2.05) is 70.3 Å². The number of hydrogen-bond donors (Lipinski definition) is 3. The summed E-state index contributed by atoms with van der Waals surface area (Å²) in [7, 11) is 1.87. The van der Waals surface area contributed by atoms with Gasteiger partial charge in [-0.15, -0.1) is 0 Å². The third kappa shape index (κ3) is 4.09. The number of ketones is 1. The Kier molecular flexibility index (Phi) is 5.42. The Morgan fingerprint density at radius 1 is 1.00 bits per heavy atom. The molecule has 3 rings (SSSR count). The van der Waals surface area contributed by atoms with Crippen molar-refractivity contribution in [3.05, 3.63) is 64.8 Å². The lowest BCUT2D eigenvalue weighted by Crippen LogP contribution is -3.11. The van der Waals surface area contributed by atoms with E-state index in [-0.39, 0.29) is 24.8 Å². The summed E-state index contributed by atoms with van der Waals surface area (Å²) in [6, 6.07) is 13.6. The summed E-state index contributed by atoms with van der Waals surface area (Å²) in [5.74, 6) is -0.0494. The summed E-state index contributed by atoms with van der Waals surface area (Å²) < 4.78 is 0. The van der Waals surface area contributed by atoms with Crippen LogP contribution in [0, 0.1) is 20.8 Å². The third-order valence-electron chi connectivity index (χ3n) is 4.98. The number of para-hydroxylation sites is 1. The smallest absolute Gasteiger partial charge is 0.279 e.